The minimum atomic E-state index is -0.0942. The van der Waals surface area contributed by atoms with Gasteiger partial charge in [-0.2, -0.15) is 0 Å². The van der Waals surface area contributed by atoms with Gasteiger partial charge in [-0.25, -0.2) is 4.98 Å². The summed E-state index contributed by atoms with van der Waals surface area (Å²) in [6.07, 6.45) is 6.15. The number of carbonyl (C=O) groups excluding carboxylic acids is 1. The number of hydrogen-bond donors (Lipinski definition) is 1. The Morgan fingerprint density at radius 1 is 1.30 bits per heavy atom. The van der Waals surface area contributed by atoms with Crippen molar-refractivity contribution in [1.82, 2.24) is 19.6 Å². The second-order valence-electron chi connectivity index (χ2n) is 6.91. The summed E-state index contributed by atoms with van der Waals surface area (Å²) < 4.78 is 7.48. The van der Waals surface area contributed by atoms with Crippen molar-refractivity contribution >= 4 is 23.2 Å². The number of morpholine rings is 1. The summed E-state index contributed by atoms with van der Waals surface area (Å²) in [5.74, 6) is 0.465. The molecule has 1 aliphatic heterocycles. The van der Waals surface area contributed by atoms with Gasteiger partial charge in [0.15, 0.2) is 10.9 Å². The van der Waals surface area contributed by atoms with Gasteiger partial charge < -0.3 is 10.1 Å². The van der Waals surface area contributed by atoms with Crippen molar-refractivity contribution in [3.63, 3.8) is 0 Å². The summed E-state index contributed by atoms with van der Waals surface area (Å²) >= 11 is 1.55. The highest BCUT2D eigenvalue weighted by Gasteiger charge is 2.28. The van der Waals surface area contributed by atoms with Crippen LogP contribution in [0.1, 0.15) is 37.2 Å². The highest BCUT2D eigenvalue weighted by atomic mass is 32.2. The van der Waals surface area contributed by atoms with Crippen molar-refractivity contribution in [1.29, 1.82) is 0 Å². The van der Waals surface area contributed by atoms with Crippen molar-refractivity contribution in [2.45, 2.75) is 37.9 Å². The number of fused-ring (bicyclic) bond motifs is 1. The number of thioether (sulfide) groups is 1. The Morgan fingerprint density at radius 3 is 2.70 bits per heavy atom. The molecule has 0 spiro atoms. The third-order valence-electron chi connectivity index (χ3n) is 5.49. The van der Waals surface area contributed by atoms with Crippen LogP contribution >= 0.6 is 11.8 Å². The molecule has 6 nitrogen and oxygen atoms in total. The number of hydrogen-bond acceptors (Lipinski definition) is 5. The predicted octanol–water partition coefficient (Wildman–Crippen LogP) is 2.92. The molecule has 0 aromatic carbocycles. The SMILES string of the molecule is CCC(CC)C(CNC(=O)c1nc(SC)n2ccccc12)N1CCOCC1. The zero-order valence-corrected chi connectivity index (χ0v) is 17.3. The Morgan fingerprint density at radius 2 is 2.04 bits per heavy atom. The van der Waals surface area contributed by atoms with Gasteiger partial charge in [-0.3, -0.25) is 14.1 Å². The molecule has 2 aromatic heterocycles. The third-order valence-corrected chi connectivity index (χ3v) is 6.15. The topological polar surface area (TPSA) is 58.9 Å². The van der Waals surface area contributed by atoms with Crippen LogP contribution in [0.15, 0.2) is 29.6 Å². The molecule has 1 atom stereocenters. The quantitative estimate of drug-likeness (QED) is 0.703. The zero-order chi connectivity index (χ0) is 19.2. The van der Waals surface area contributed by atoms with E-state index in [1.807, 2.05) is 35.1 Å². The molecule has 1 saturated heterocycles. The maximum Gasteiger partial charge on any atom is 0.272 e. The molecule has 0 aliphatic carbocycles. The fourth-order valence-corrected chi connectivity index (χ4v) is 4.48. The van der Waals surface area contributed by atoms with Crippen molar-refractivity contribution < 1.29 is 9.53 Å². The van der Waals surface area contributed by atoms with Crippen LogP contribution in [0, 0.1) is 5.92 Å². The van der Waals surface area contributed by atoms with Gasteiger partial charge in [-0.1, -0.05) is 44.5 Å². The molecule has 0 bridgehead atoms. The summed E-state index contributed by atoms with van der Waals surface area (Å²) in [6, 6.07) is 6.18. The summed E-state index contributed by atoms with van der Waals surface area (Å²) in [6.45, 7) is 8.52. The highest BCUT2D eigenvalue weighted by Crippen LogP contribution is 2.21. The van der Waals surface area contributed by atoms with Crippen LogP contribution in [0.25, 0.3) is 5.52 Å². The van der Waals surface area contributed by atoms with Gasteiger partial charge >= 0.3 is 0 Å². The van der Waals surface area contributed by atoms with E-state index in [9.17, 15) is 4.79 Å². The van der Waals surface area contributed by atoms with E-state index in [1.165, 1.54) is 0 Å². The number of nitrogens with zero attached hydrogens (tertiary/aromatic N) is 3. The smallest absolute Gasteiger partial charge is 0.272 e. The molecule has 1 fully saturated rings. The summed E-state index contributed by atoms with van der Waals surface area (Å²) in [5, 5.41) is 4.00. The van der Waals surface area contributed by atoms with Gasteiger partial charge in [-0.05, 0) is 24.3 Å². The van der Waals surface area contributed by atoms with E-state index >= 15 is 0 Å². The molecule has 1 aliphatic rings. The lowest BCUT2D eigenvalue weighted by atomic mass is 9.92. The summed E-state index contributed by atoms with van der Waals surface area (Å²) in [7, 11) is 0. The normalized spacial score (nSPS) is 16.7. The lowest BCUT2D eigenvalue weighted by Crippen LogP contribution is -2.52. The Kier molecular flexibility index (Phi) is 7.15. The van der Waals surface area contributed by atoms with Gasteiger partial charge in [0.05, 0.1) is 18.7 Å². The summed E-state index contributed by atoms with van der Waals surface area (Å²) in [5.41, 5.74) is 1.36. The fourth-order valence-electron chi connectivity index (χ4n) is 3.94. The second kappa shape index (κ2) is 9.57. The van der Waals surface area contributed by atoms with Crippen LogP contribution in [-0.2, 0) is 4.74 Å². The molecule has 148 valence electrons. The maximum atomic E-state index is 12.9. The number of aromatic nitrogens is 2. The number of imidazole rings is 1. The molecule has 0 saturated carbocycles. The van der Waals surface area contributed by atoms with Gasteiger partial charge in [-0.15, -0.1) is 0 Å². The monoisotopic (exact) mass is 390 g/mol. The van der Waals surface area contributed by atoms with E-state index < -0.39 is 0 Å². The van der Waals surface area contributed by atoms with Gasteiger partial charge in [0.2, 0.25) is 0 Å². The average molecular weight is 391 g/mol. The van der Waals surface area contributed by atoms with Crippen LogP contribution in [0.2, 0.25) is 0 Å². The molecule has 3 heterocycles. The van der Waals surface area contributed by atoms with Crippen molar-refractivity contribution in [3.05, 3.63) is 30.1 Å². The van der Waals surface area contributed by atoms with E-state index in [1.54, 1.807) is 11.8 Å². The van der Waals surface area contributed by atoms with Crippen molar-refractivity contribution in [2.75, 3.05) is 39.1 Å². The number of rotatable bonds is 8. The molecule has 1 amide bonds. The molecule has 0 radical (unpaired) electrons. The summed E-state index contributed by atoms with van der Waals surface area (Å²) in [4.78, 5) is 20.0. The number of amides is 1. The number of carbonyl (C=O) groups is 1. The Bertz CT molecular complexity index is 754. The van der Waals surface area contributed by atoms with Crippen molar-refractivity contribution in [2.24, 2.45) is 5.92 Å². The van der Waals surface area contributed by atoms with E-state index in [-0.39, 0.29) is 5.91 Å². The van der Waals surface area contributed by atoms with Crippen LogP contribution in [-0.4, -0.2) is 65.3 Å². The standard InChI is InChI=1S/C20H30N4O2S/c1-4-15(5-2)17(23-10-12-26-13-11-23)14-21-19(25)18-16-8-6-7-9-24(16)20(22-18)27-3/h6-9,15,17H,4-5,10-14H2,1-3H3,(H,21,25). The molecule has 1 N–H and O–H groups in total. The first-order valence-electron chi connectivity index (χ1n) is 9.80. The van der Waals surface area contributed by atoms with Crippen LogP contribution in [0.3, 0.4) is 0 Å². The van der Waals surface area contributed by atoms with E-state index in [4.69, 9.17) is 4.74 Å². The lowest BCUT2D eigenvalue weighted by Gasteiger charge is -2.38. The Balaban J connectivity index is 1.76. The Hall–Kier alpha value is -1.57. The van der Waals surface area contributed by atoms with Gasteiger partial charge in [0.25, 0.3) is 5.91 Å². The minimum absolute atomic E-state index is 0.0942. The molecular formula is C20H30N4O2S. The van der Waals surface area contributed by atoms with Gasteiger partial charge in [0, 0.05) is 31.9 Å². The Labute approximate surface area is 165 Å². The molecular weight excluding hydrogens is 360 g/mol. The fraction of sp³-hybridized carbons (Fsp3) is 0.600. The molecule has 3 rings (SSSR count). The number of pyridine rings is 1. The van der Waals surface area contributed by atoms with Crippen LogP contribution in [0.5, 0.6) is 0 Å². The molecule has 27 heavy (non-hydrogen) atoms. The lowest BCUT2D eigenvalue weighted by molar-refractivity contribution is 0.00190. The van der Waals surface area contributed by atoms with Crippen LogP contribution in [0.4, 0.5) is 0 Å². The second-order valence-corrected chi connectivity index (χ2v) is 7.68. The largest absolute Gasteiger partial charge is 0.379 e. The maximum absolute atomic E-state index is 12.9. The van der Waals surface area contributed by atoms with Gasteiger partial charge in [0.1, 0.15) is 0 Å². The number of nitrogens with one attached hydrogen (secondary N) is 1. The predicted molar refractivity (Wildman–Crippen MR) is 110 cm³/mol. The first-order valence-corrected chi connectivity index (χ1v) is 11.0. The first-order chi connectivity index (χ1) is 13.2. The zero-order valence-electron chi connectivity index (χ0n) is 16.5. The number of ether oxygens (including phenoxy) is 1. The van der Waals surface area contributed by atoms with E-state index in [2.05, 4.69) is 29.0 Å². The third kappa shape index (κ3) is 4.47. The average Bonchev–Trinajstić information content (AvgIpc) is 3.10. The minimum Gasteiger partial charge on any atom is -0.379 e. The van der Waals surface area contributed by atoms with E-state index in [0.717, 1.165) is 49.8 Å². The molecule has 1 unspecified atom stereocenters. The molecule has 2 aromatic rings. The molecule has 7 heteroatoms. The van der Waals surface area contributed by atoms with Crippen LogP contribution < -0.4 is 5.32 Å². The highest BCUT2D eigenvalue weighted by molar-refractivity contribution is 7.98. The van der Waals surface area contributed by atoms with E-state index in [0.29, 0.717) is 24.2 Å². The van der Waals surface area contributed by atoms with Crippen molar-refractivity contribution in [3.8, 4) is 0 Å². The first kappa shape index (κ1) is 20.2.